The summed E-state index contributed by atoms with van der Waals surface area (Å²) in [4.78, 5) is 7.19. The van der Waals surface area contributed by atoms with Gasteiger partial charge in [0.15, 0.2) is 0 Å². The third kappa shape index (κ3) is 11.2. The number of hydrogen-bond acceptors (Lipinski definition) is 3. The van der Waals surface area contributed by atoms with Crippen LogP contribution in [0, 0.1) is 0 Å². The molecule has 3 nitrogen and oxygen atoms in total. The van der Waals surface area contributed by atoms with Crippen LogP contribution in [0.25, 0.3) is 33.4 Å². The van der Waals surface area contributed by atoms with E-state index in [1.807, 2.05) is 0 Å². The SMILES string of the molecule is CCc1cccc(N(c2ccc(-c3cc(-c4ccc(N(c5cccc(CC)c5)c5cccc(CC)c5)cc4)cc(-c4ccc(N(c5cccc(CC)c5)c5cccc(CC)c5)cc4)c3)cc2)c2cccc(CC)c2)c1. The molecule has 0 heterocycles. The Morgan fingerprint density at radius 1 is 0.187 bits per heavy atom. The Morgan fingerprint density at radius 2 is 0.373 bits per heavy atom. The number of anilines is 9. The lowest BCUT2D eigenvalue weighted by Crippen LogP contribution is -2.10. The lowest BCUT2D eigenvalue weighted by atomic mass is 9.93. The third-order valence-electron chi connectivity index (χ3n) is 14.8. The fraction of sp³-hybridized carbons (Fsp3) is 0.167. The zero-order valence-corrected chi connectivity index (χ0v) is 44.6. The summed E-state index contributed by atoms with van der Waals surface area (Å²) in [6, 6.07) is 88.3. The monoisotopic (exact) mass is 976 g/mol. The quantitative estimate of drug-likeness (QED) is 0.0848. The first-order valence-electron chi connectivity index (χ1n) is 27.3. The molecule has 0 radical (unpaired) electrons. The molecule has 0 unspecified atom stereocenters. The van der Waals surface area contributed by atoms with E-state index in [9.17, 15) is 0 Å². The van der Waals surface area contributed by atoms with Gasteiger partial charge < -0.3 is 14.7 Å². The van der Waals surface area contributed by atoms with Crippen LogP contribution in [-0.2, 0) is 38.5 Å². The van der Waals surface area contributed by atoms with E-state index < -0.39 is 0 Å². The molecule has 0 atom stereocenters. The first-order chi connectivity index (χ1) is 36.8. The molecule has 3 heteroatoms. The Labute approximate surface area is 447 Å². The number of benzene rings is 10. The fourth-order valence-corrected chi connectivity index (χ4v) is 10.4. The van der Waals surface area contributed by atoms with Crippen molar-refractivity contribution in [1.29, 1.82) is 0 Å². The molecule has 0 amide bonds. The minimum atomic E-state index is 0.982. The first-order valence-corrected chi connectivity index (χ1v) is 27.3. The van der Waals surface area contributed by atoms with Crippen molar-refractivity contribution in [1.82, 2.24) is 0 Å². The van der Waals surface area contributed by atoms with E-state index in [1.54, 1.807) is 0 Å². The van der Waals surface area contributed by atoms with Crippen LogP contribution in [0.4, 0.5) is 51.2 Å². The Bertz CT molecular complexity index is 2990. The topological polar surface area (TPSA) is 9.72 Å². The van der Waals surface area contributed by atoms with Gasteiger partial charge in [0.2, 0.25) is 0 Å². The van der Waals surface area contributed by atoms with Gasteiger partial charge in [-0.25, -0.2) is 0 Å². The second-order valence-corrected chi connectivity index (χ2v) is 19.6. The van der Waals surface area contributed by atoms with Crippen LogP contribution < -0.4 is 14.7 Å². The molecule has 10 rings (SSSR count). The zero-order valence-electron chi connectivity index (χ0n) is 44.6. The van der Waals surface area contributed by atoms with Crippen molar-refractivity contribution >= 4 is 51.2 Å². The lowest BCUT2D eigenvalue weighted by molar-refractivity contribution is 1.12. The second kappa shape index (κ2) is 23.2. The van der Waals surface area contributed by atoms with E-state index in [0.717, 1.165) is 106 Å². The van der Waals surface area contributed by atoms with E-state index in [0.29, 0.717) is 0 Å². The predicted molar refractivity (Wildman–Crippen MR) is 323 cm³/mol. The highest BCUT2D eigenvalue weighted by Crippen LogP contribution is 2.42. The van der Waals surface area contributed by atoms with Gasteiger partial charge in [-0.05, 0) is 233 Å². The molecule has 0 N–H and O–H groups in total. The minimum Gasteiger partial charge on any atom is -0.310 e. The molecule has 0 aliphatic carbocycles. The molecule has 10 aromatic rings. The van der Waals surface area contributed by atoms with Crippen LogP contribution in [0.5, 0.6) is 0 Å². The predicted octanol–water partition coefficient (Wildman–Crippen LogP) is 20.5. The summed E-state index contributed by atoms with van der Waals surface area (Å²) in [5.74, 6) is 0. The number of aryl methyl sites for hydroxylation is 6. The molecule has 0 saturated heterocycles. The van der Waals surface area contributed by atoms with Gasteiger partial charge in [0.05, 0.1) is 0 Å². The molecule has 0 bridgehead atoms. The van der Waals surface area contributed by atoms with E-state index in [2.05, 4.69) is 293 Å². The van der Waals surface area contributed by atoms with Crippen LogP contribution >= 0.6 is 0 Å². The lowest BCUT2D eigenvalue weighted by Gasteiger charge is -2.27. The highest BCUT2D eigenvalue weighted by molar-refractivity contribution is 5.86. The van der Waals surface area contributed by atoms with Crippen LogP contribution in [0.2, 0.25) is 0 Å². The van der Waals surface area contributed by atoms with E-state index in [1.165, 1.54) is 50.1 Å². The molecule has 0 aliphatic heterocycles. The van der Waals surface area contributed by atoms with Gasteiger partial charge in [-0.15, -0.1) is 0 Å². The fourth-order valence-electron chi connectivity index (χ4n) is 10.4. The largest absolute Gasteiger partial charge is 0.310 e. The molecule has 0 fully saturated rings. The standard InChI is InChI=1S/C72H69N3/c1-7-52-19-13-25-67(43-52)73(68-26-14-20-53(8-2)44-68)64-37-31-58(32-38-64)61-49-62(59-33-39-65(40-34-59)74(69-27-15-21-54(9-3)45-69)70-28-16-22-55(10-4)46-70)51-63(50-61)60-35-41-66(42-36-60)75(71-29-17-23-56(11-5)47-71)72-30-18-24-57(12-6)48-72/h13-51H,7-12H2,1-6H3. The van der Waals surface area contributed by atoms with Crippen molar-refractivity contribution in [2.45, 2.75) is 80.1 Å². The van der Waals surface area contributed by atoms with Crippen LogP contribution in [0.15, 0.2) is 237 Å². The zero-order chi connectivity index (χ0) is 51.7. The van der Waals surface area contributed by atoms with Crippen LogP contribution in [-0.4, -0.2) is 0 Å². The van der Waals surface area contributed by atoms with Gasteiger partial charge in [-0.2, -0.15) is 0 Å². The first kappa shape index (κ1) is 50.1. The van der Waals surface area contributed by atoms with Crippen molar-refractivity contribution in [3.63, 3.8) is 0 Å². The van der Waals surface area contributed by atoms with E-state index >= 15 is 0 Å². The Hall–Kier alpha value is -8.40. The molecular formula is C72H69N3. The summed E-state index contributed by atoms with van der Waals surface area (Å²) in [5.41, 5.74) is 25.2. The molecule has 0 spiro atoms. The van der Waals surface area contributed by atoms with Crippen molar-refractivity contribution in [2.24, 2.45) is 0 Å². The summed E-state index contributed by atoms with van der Waals surface area (Å²) in [6.07, 6.45) is 5.89. The average molecular weight is 976 g/mol. The summed E-state index contributed by atoms with van der Waals surface area (Å²) >= 11 is 0. The van der Waals surface area contributed by atoms with Crippen LogP contribution in [0.1, 0.15) is 74.9 Å². The number of rotatable bonds is 18. The van der Waals surface area contributed by atoms with Crippen molar-refractivity contribution in [2.75, 3.05) is 14.7 Å². The maximum atomic E-state index is 2.40. The molecule has 0 saturated carbocycles. The third-order valence-corrected chi connectivity index (χ3v) is 14.8. The summed E-state index contributed by atoms with van der Waals surface area (Å²) in [7, 11) is 0. The summed E-state index contributed by atoms with van der Waals surface area (Å²) in [6.45, 7) is 13.3. The second-order valence-electron chi connectivity index (χ2n) is 19.6. The molecular weight excluding hydrogens is 907 g/mol. The van der Waals surface area contributed by atoms with Gasteiger partial charge in [0, 0.05) is 51.2 Å². The van der Waals surface area contributed by atoms with Gasteiger partial charge in [0.1, 0.15) is 0 Å². The normalized spacial score (nSPS) is 11.1. The average Bonchev–Trinajstić information content (AvgIpc) is 3.48. The van der Waals surface area contributed by atoms with Crippen molar-refractivity contribution in [3.05, 3.63) is 270 Å². The van der Waals surface area contributed by atoms with Gasteiger partial charge in [0.25, 0.3) is 0 Å². The Balaban J connectivity index is 1.08. The van der Waals surface area contributed by atoms with E-state index in [-0.39, 0.29) is 0 Å². The van der Waals surface area contributed by atoms with Gasteiger partial charge in [-0.1, -0.05) is 151 Å². The number of hydrogen-bond donors (Lipinski definition) is 0. The summed E-state index contributed by atoms with van der Waals surface area (Å²) in [5, 5.41) is 0. The highest BCUT2D eigenvalue weighted by atomic mass is 15.2. The molecule has 0 aliphatic rings. The Kier molecular flexibility index (Phi) is 15.5. The molecule has 75 heavy (non-hydrogen) atoms. The minimum absolute atomic E-state index is 0.982. The number of nitrogens with zero attached hydrogens (tertiary/aromatic N) is 3. The van der Waals surface area contributed by atoms with Crippen molar-refractivity contribution < 1.29 is 0 Å². The highest BCUT2D eigenvalue weighted by Gasteiger charge is 2.19. The van der Waals surface area contributed by atoms with E-state index in [4.69, 9.17) is 0 Å². The van der Waals surface area contributed by atoms with Crippen molar-refractivity contribution in [3.8, 4) is 33.4 Å². The molecule has 372 valence electrons. The Morgan fingerprint density at radius 3 is 0.547 bits per heavy atom. The maximum Gasteiger partial charge on any atom is 0.0464 e. The van der Waals surface area contributed by atoms with Crippen LogP contribution in [0.3, 0.4) is 0 Å². The van der Waals surface area contributed by atoms with Gasteiger partial charge >= 0.3 is 0 Å². The summed E-state index contributed by atoms with van der Waals surface area (Å²) < 4.78 is 0. The smallest absolute Gasteiger partial charge is 0.0464 e. The molecule has 10 aromatic carbocycles. The molecule has 0 aromatic heterocycles. The van der Waals surface area contributed by atoms with Gasteiger partial charge in [-0.3, -0.25) is 0 Å². The maximum absolute atomic E-state index is 2.40.